The molecule has 2 aromatic carbocycles. The van der Waals surface area contributed by atoms with Gasteiger partial charge in [-0.1, -0.05) is 11.1 Å². The molecule has 0 bridgehead atoms. The number of hydrogen-bond donors (Lipinski definition) is 1. The van der Waals surface area contributed by atoms with Crippen LogP contribution in [0.5, 0.6) is 17.2 Å². The first-order chi connectivity index (χ1) is 17.5. The molecule has 2 aromatic heterocycles. The van der Waals surface area contributed by atoms with Crippen LogP contribution in [0.25, 0.3) is 22.2 Å². The van der Waals surface area contributed by atoms with E-state index in [9.17, 15) is 0 Å². The van der Waals surface area contributed by atoms with Crippen LogP contribution >= 0.6 is 12.4 Å². The molecule has 0 aliphatic heterocycles. The summed E-state index contributed by atoms with van der Waals surface area (Å²) in [6.07, 6.45) is 8.14. The maximum atomic E-state index is 6.00. The first-order valence-electron chi connectivity index (χ1n) is 11.5. The SMILES string of the molecule is C#CC(ON=C1c2cc(OC)c(OC)cc2-c2[nH]c3ccc(OCCN(C)C)cc3c21)c1ccoc1.Cl. The van der Waals surface area contributed by atoms with Crippen molar-refractivity contribution in [3.63, 3.8) is 0 Å². The van der Waals surface area contributed by atoms with E-state index in [4.69, 9.17) is 29.9 Å². The van der Waals surface area contributed by atoms with Crippen molar-refractivity contribution >= 4 is 29.0 Å². The van der Waals surface area contributed by atoms with Crippen LogP contribution in [-0.4, -0.2) is 57.1 Å². The zero-order valence-electron chi connectivity index (χ0n) is 21.0. The number of benzene rings is 2. The van der Waals surface area contributed by atoms with Gasteiger partial charge in [0.15, 0.2) is 11.5 Å². The highest BCUT2D eigenvalue weighted by atomic mass is 35.5. The van der Waals surface area contributed by atoms with Gasteiger partial charge in [0.1, 0.15) is 18.1 Å². The number of likely N-dealkylation sites (N-methyl/N-ethyl adjacent to an activating group) is 1. The number of H-pyrrole nitrogens is 1. The monoisotopic (exact) mass is 521 g/mol. The van der Waals surface area contributed by atoms with Gasteiger partial charge >= 0.3 is 0 Å². The van der Waals surface area contributed by atoms with Crippen molar-refractivity contribution in [1.29, 1.82) is 0 Å². The Bertz CT molecular complexity index is 1470. The fourth-order valence-electron chi connectivity index (χ4n) is 4.28. The molecular formula is C28H28ClN3O5. The predicted molar refractivity (Wildman–Crippen MR) is 145 cm³/mol. The van der Waals surface area contributed by atoms with Gasteiger partial charge < -0.3 is 33.3 Å². The topological polar surface area (TPSA) is 81.4 Å². The minimum absolute atomic E-state index is 0. The second kappa shape index (κ2) is 10.9. The molecule has 0 fully saturated rings. The zero-order chi connectivity index (χ0) is 25.2. The molecule has 8 nitrogen and oxygen atoms in total. The average molecular weight is 522 g/mol. The van der Waals surface area contributed by atoms with Gasteiger partial charge in [-0.05, 0) is 50.5 Å². The lowest BCUT2D eigenvalue weighted by Gasteiger charge is -2.12. The highest BCUT2D eigenvalue weighted by Crippen LogP contribution is 2.46. The number of methoxy groups -OCH3 is 2. The van der Waals surface area contributed by atoms with Crippen LogP contribution in [0.2, 0.25) is 0 Å². The van der Waals surface area contributed by atoms with Crippen molar-refractivity contribution in [3.8, 4) is 40.8 Å². The van der Waals surface area contributed by atoms with E-state index >= 15 is 0 Å². The molecule has 0 radical (unpaired) electrons. The average Bonchev–Trinajstić information content (AvgIpc) is 3.60. The maximum Gasteiger partial charge on any atom is 0.215 e. The van der Waals surface area contributed by atoms with Crippen LogP contribution in [0.1, 0.15) is 22.8 Å². The summed E-state index contributed by atoms with van der Waals surface area (Å²) in [4.78, 5) is 11.5. The second-order valence-corrected chi connectivity index (χ2v) is 8.64. The van der Waals surface area contributed by atoms with Gasteiger partial charge in [0.2, 0.25) is 6.10 Å². The number of rotatable bonds is 9. The van der Waals surface area contributed by atoms with Crippen LogP contribution in [-0.2, 0) is 4.84 Å². The molecule has 5 rings (SSSR count). The van der Waals surface area contributed by atoms with Crippen molar-refractivity contribution < 1.29 is 23.5 Å². The Labute approximate surface area is 221 Å². The lowest BCUT2D eigenvalue weighted by atomic mass is 10.1. The summed E-state index contributed by atoms with van der Waals surface area (Å²) >= 11 is 0. The third-order valence-corrected chi connectivity index (χ3v) is 6.11. The standard InChI is InChI=1S/C28H27N3O5.ClH/c1-6-23(17-9-11-34-16-17)36-30-28-20-15-25(33-5)24(32-4)14-19(20)27-26(28)21-13-18(7-8-22(21)29-27)35-12-10-31(2)3;/h1,7-9,11,13-16,23,29H,10,12H2,2-5H3;1H. The molecule has 2 heterocycles. The van der Waals surface area contributed by atoms with E-state index in [2.05, 4.69) is 21.0 Å². The first kappa shape index (κ1) is 26.0. The smallest absolute Gasteiger partial charge is 0.215 e. The Morgan fingerprint density at radius 2 is 1.84 bits per heavy atom. The van der Waals surface area contributed by atoms with E-state index in [1.165, 1.54) is 0 Å². The lowest BCUT2D eigenvalue weighted by molar-refractivity contribution is 0.0996. The molecule has 1 aliphatic rings. The Morgan fingerprint density at radius 1 is 1.08 bits per heavy atom. The molecule has 1 N–H and O–H groups in total. The highest BCUT2D eigenvalue weighted by Gasteiger charge is 2.32. The number of furan rings is 1. The van der Waals surface area contributed by atoms with Gasteiger partial charge in [0.05, 0.1) is 32.4 Å². The summed E-state index contributed by atoms with van der Waals surface area (Å²) < 4.78 is 22.3. The quantitative estimate of drug-likeness (QED) is 0.210. The Kier molecular flexibility index (Phi) is 7.67. The summed E-state index contributed by atoms with van der Waals surface area (Å²) in [6.45, 7) is 1.40. The van der Waals surface area contributed by atoms with E-state index in [1.54, 1.807) is 32.8 Å². The predicted octanol–water partition coefficient (Wildman–Crippen LogP) is 5.26. The van der Waals surface area contributed by atoms with Crippen molar-refractivity contribution in [2.45, 2.75) is 6.10 Å². The third-order valence-electron chi connectivity index (χ3n) is 6.11. The Balaban J connectivity index is 0.00000320. The number of terminal acetylenes is 1. The van der Waals surface area contributed by atoms with Crippen LogP contribution in [0.4, 0.5) is 0 Å². The van der Waals surface area contributed by atoms with Crippen molar-refractivity contribution in [1.82, 2.24) is 9.88 Å². The fraction of sp³-hybridized carbons (Fsp3) is 0.250. The maximum absolute atomic E-state index is 6.00. The minimum Gasteiger partial charge on any atom is -0.493 e. The van der Waals surface area contributed by atoms with E-state index in [0.29, 0.717) is 29.4 Å². The summed E-state index contributed by atoms with van der Waals surface area (Å²) in [5.41, 5.74) is 5.89. The number of nitrogens with one attached hydrogen (secondary N) is 1. The molecule has 9 heteroatoms. The van der Waals surface area contributed by atoms with Crippen LogP contribution < -0.4 is 14.2 Å². The third kappa shape index (κ3) is 4.84. The van der Waals surface area contributed by atoms with Crippen molar-refractivity contribution in [3.05, 3.63) is 65.6 Å². The normalized spacial score (nSPS) is 13.6. The number of nitrogens with zero attached hydrogens (tertiary/aromatic N) is 2. The Hall–Kier alpha value is -4.06. The molecule has 0 amide bonds. The van der Waals surface area contributed by atoms with Crippen LogP contribution in [0, 0.1) is 12.3 Å². The molecule has 0 spiro atoms. The van der Waals surface area contributed by atoms with Gasteiger partial charge in [0, 0.05) is 39.7 Å². The molecule has 0 saturated heterocycles. The van der Waals surface area contributed by atoms with E-state index < -0.39 is 6.10 Å². The number of aromatic amines is 1. The molecule has 1 aliphatic carbocycles. The summed E-state index contributed by atoms with van der Waals surface area (Å²) in [6, 6.07) is 11.6. The van der Waals surface area contributed by atoms with E-state index in [-0.39, 0.29) is 12.4 Å². The van der Waals surface area contributed by atoms with Gasteiger partial charge in [-0.2, -0.15) is 0 Å². The minimum atomic E-state index is -0.695. The number of aromatic nitrogens is 1. The molecule has 0 saturated carbocycles. The number of halogens is 1. The van der Waals surface area contributed by atoms with E-state index in [1.807, 2.05) is 44.4 Å². The van der Waals surface area contributed by atoms with Crippen LogP contribution in [0.3, 0.4) is 0 Å². The van der Waals surface area contributed by atoms with E-state index in [0.717, 1.165) is 45.6 Å². The summed E-state index contributed by atoms with van der Waals surface area (Å²) in [5, 5.41) is 5.53. The highest BCUT2D eigenvalue weighted by molar-refractivity contribution is 6.30. The fourth-order valence-corrected chi connectivity index (χ4v) is 4.28. The number of oxime groups is 1. The van der Waals surface area contributed by atoms with Crippen molar-refractivity contribution in [2.75, 3.05) is 41.5 Å². The molecule has 192 valence electrons. The van der Waals surface area contributed by atoms with Gasteiger partial charge in [0.25, 0.3) is 0 Å². The number of fused-ring (bicyclic) bond motifs is 5. The molecule has 1 unspecified atom stereocenters. The lowest BCUT2D eigenvalue weighted by Crippen LogP contribution is -2.19. The molecule has 4 aromatic rings. The molecule has 1 atom stereocenters. The zero-order valence-corrected chi connectivity index (χ0v) is 21.8. The van der Waals surface area contributed by atoms with Crippen LogP contribution in [0.15, 0.2) is 58.5 Å². The molecule has 37 heavy (non-hydrogen) atoms. The largest absolute Gasteiger partial charge is 0.493 e. The second-order valence-electron chi connectivity index (χ2n) is 8.64. The summed E-state index contributed by atoms with van der Waals surface area (Å²) in [5.74, 6) is 4.61. The number of ether oxygens (including phenoxy) is 3. The first-order valence-corrected chi connectivity index (χ1v) is 11.5. The van der Waals surface area contributed by atoms with Gasteiger partial charge in [-0.25, -0.2) is 0 Å². The molecular weight excluding hydrogens is 494 g/mol. The summed E-state index contributed by atoms with van der Waals surface area (Å²) in [7, 11) is 7.25. The van der Waals surface area contributed by atoms with Gasteiger partial charge in [-0.3, -0.25) is 0 Å². The van der Waals surface area contributed by atoms with Crippen molar-refractivity contribution in [2.24, 2.45) is 5.16 Å². The number of hydrogen-bond acceptors (Lipinski definition) is 7. The Morgan fingerprint density at radius 3 is 2.49 bits per heavy atom. The van der Waals surface area contributed by atoms with Gasteiger partial charge in [-0.15, -0.1) is 18.8 Å².